The molecule has 0 fully saturated rings. The minimum absolute atomic E-state index is 0.0729. The van der Waals surface area contributed by atoms with Crippen LogP contribution in [0.15, 0.2) is 22.8 Å². The fourth-order valence-corrected chi connectivity index (χ4v) is 2.70. The molecule has 6 heteroatoms. The highest BCUT2D eigenvalue weighted by Crippen LogP contribution is 2.30. The SMILES string of the molecule is CC(C)(C)c1[nH]c(-c2ccc(Cl)cn2)nc(=S)c1Br. The van der Waals surface area contributed by atoms with Crippen LogP contribution < -0.4 is 0 Å². The summed E-state index contributed by atoms with van der Waals surface area (Å²) >= 11 is 14.6. The molecule has 0 radical (unpaired) electrons. The number of pyridine rings is 1. The summed E-state index contributed by atoms with van der Waals surface area (Å²) in [5.74, 6) is 0.648. The fourth-order valence-electron chi connectivity index (χ4n) is 1.61. The van der Waals surface area contributed by atoms with E-state index in [0.717, 1.165) is 10.2 Å². The van der Waals surface area contributed by atoms with Crippen molar-refractivity contribution in [2.75, 3.05) is 0 Å². The van der Waals surface area contributed by atoms with Crippen molar-refractivity contribution in [1.29, 1.82) is 0 Å². The lowest BCUT2D eigenvalue weighted by atomic mass is 9.92. The Balaban J connectivity index is 2.63. The van der Waals surface area contributed by atoms with Crippen LogP contribution in [0.5, 0.6) is 0 Å². The van der Waals surface area contributed by atoms with Gasteiger partial charge in [0.05, 0.1) is 9.50 Å². The molecule has 2 aromatic rings. The number of hydrogen-bond acceptors (Lipinski definition) is 3. The van der Waals surface area contributed by atoms with Crippen LogP contribution in [-0.2, 0) is 5.41 Å². The average molecular weight is 359 g/mol. The molecule has 0 atom stereocenters. The topological polar surface area (TPSA) is 41.6 Å². The van der Waals surface area contributed by atoms with Crippen molar-refractivity contribution in [2.45, 2.75) is 26.2 Å². The van der Waals surface area contributed by atoms with Crippen LogP contribution in [0.3, 0.4) is 0 Å². The standard InChI is InChI=1S/C13H13BrClN3S/c1-13(2,3)10-9(14)12(19)18-11(17-10)8-5-4-7(15)6-16-8/h4-6H,1-3H3,(H,17,18,19). The first-order valence-electron chi connectivity index (χ1n) is 5.71. The molecule has 19 heavy (non-hydrogen) atoms. The first-order valence-corrected chi connectivity index (χ1v) is 7.29. The number of nitrogens with zero attached hydrogens (tertiary/aromatic N) is 2. The molecule has 0 spiro atoms. The lowest BCUT2D eigenvalue weighted by molar-refractivity contribution is 0.563. The zero-order valence-corrected chi connectivity index (χ0v) is 13.9. The molecule has 2 heterocycles. The molecule has 3 nitrogen and oxygen atoms in total. The second-order valence-electron chi connectivity index (χ2n) is 5.19. The van der Waals surface area contributed by atoms with E-state index < -0.39 is 0 Å². The van der Waals surface area contributed by atoms with Gasteiger partial charge in [0.15, 0.2) is 5.82 Å². The van der Waals surface area contributed by atoms with Crippen molar-refractivity contribution in [3.63, 3.8) is 0 Å². The molecule has 0 aliphatic carbocycles. The fraction of sp³-hybridized carbons (Fsp3) is 0.308. The highest BCUT2D eigenvalue weighted by Gasteiger charge is 2.20. The monoisotopic (exact) mass is 357 g/mol. The van der Waals surface area contributed by atoms with E-state index >= 15 is 0 Å². The van der Waals surface area contributed by atoms with E-state index in [-0.39, 0.29) is 5.41 Å². The summed E-state index contributed by atoms with van der Waals surface area (Å²) in [5, 5.41) is 0.593. The quantitative estimate of drug-likeness (QED) is 0.736. The molecule has 0 aromatic carbocycles. The zero-order chi connectivity index (χ0) is 14.2. The summed E-state index contributed by atoms with van der Waals surface area (Å²) in [6.07, 6.45) is 1.59. The number of aromatic amines is 1. The number of rotatable bonds is 1. The normalized spacial score (nSPS) is 11.6. The highest BCUT2D eigenvalue weighted by atomic mass is 79.9. The zero-order valence-electron chi connectivity index (χ0n) is 10.8. The third kappa shape index (κ3) is 3.22. The molecule has 0 saturated heterocycles. The predicted molar refractivity (Wildman–Crippen MR) is 84.1 cm³/mol. The van der Waals surface area contributed by atoms with E-state index in [4.69, 9.17) is 23.8 Å². The Labute approximate surface area is 130 Å². The van der Waals surface area contributed by atoms with Crippen molar-refractivity contribution in [3.05, 3.63) is 38.2 Å². The van der Waals surface area contributed by atoms with E-state index in [1.54, 1.807) is 12.3 Å². The van der Waals surface area contributed by atoms with E-state index in [0.29, 0.717) is 21.2 Å². The maximum atomic E-state index is 5.84. The van der Waals surface area contributed by atoms with Crippen LogP contribution in [-0.4, -0.2) is 15.0 Å². The third-order valence-electron chi connectivity index (χ3n) is 2.58. The van der Waals surface area contributed by atoms with Crippen molar-refractivity contribution < 1.29 is 0 Å². The Morgan fingerprint density at radius 3 is 2.53 bits per heavy atom. The summed E-state index contributed by atoms with van der Waals surface area (Å²) in [5.41, 5.74) is 1.64. The van der Waals surface area contributed by atoms with Gasteiger partial charge in [-0.05, 0) is 28.1 Å². The molecule has 0 unspecified atom stereocenters. The molecule has 1 N–H and O–H groups in total. The van der Waals surface area contributed by atoms with Gasteiger partial charge < -0.3 is 4.98 Å². The largest absolute Gasteiger partial charge is 0.340 e. The summed E-state index contributed by atoms with van der Waals surface area (Å²) < 4.78 is 1.35. The van der Waals surface area contributed by atoms with Crippen molar-refractivity contribution >= 4 is 39.7 Å². The van der Waals surface area contributed by atoms with Crippen LogP contribution >= 0.6 is 39.7 Å². The van der Waals surface area contributed by atoms with Gasteiger partial charge in [-0.2, -0.15) is 0 Å². The van der Waals surface area contributed by atoms with Crippen LogP contribution in [0.25, 0.3) is 11.5 Å². The molecule has 0 saturated carbocycles. The minimum atomic E-state index is -0.0729. The van der Waals surface area contributed by atoms with E-state index in [9.17, 15) is 0 Å². The maximum absolute atomic E-state index is 5.84. The second-order valence-corrected chi connectivity index (χ2v) is 6.81. The first kappa shape index (κ1) is 14.6. The number of nitrogens with one attached hydrogen (secondary N) is 1. The molecular weight excluding hydrogens is 346 g/mol. The van der Waals surface area contributed by atoms with Crippen LogP contribution in [0.2, 0.25) is 5.02 Å². The third-order valence-corrected chi connectivity index (χ3v) is 4.14. The summed E-state index contributed by atoms with van der Waals surface area (Å²) in [4.78, 5) is 11.9. The summed E-state index contributed by atoms with van der Waals surface area (Å²) in [6, 6.07) is 3.59. The van der Waals surface area contributed by atoms with Crippen molar-refractivity contribution in [3.8, 4) is 11.5 Å². The minimum Gasteiger partial charge on any atom is -0.340 e. The number of hydrogen-bond donors (Lipinski definition) is 1. The van der Waals surface area contributed by atoms with E-state index in [2.05, 4.69) is 51.7 Å². The van der Waals surface area contributed by atoms with Gasteiger partial charge in [-0.25, -0.2) is 4.98 Å². The summed E-state index contributed by atoms with van der Waals surface area (Å²) in [7, 11) is 0. The Kier molecular flexibility index (Phi) is 4.08. The van der Waals surface area contributed by atoms with Gasteiger partial charge in [-0.15, -0.1) is 0 Å². The molecule has 0 bridgehead atoms. The van der Waals surface area contributed by atoms with Crippen molar-refractivity contribution in [1.82, 2.24) is 15.0 Å². The second kappa shape index (κ2) is 5.31. The molecule has 0 amide bonds. The molecule has 0 aliphatic heterocycles. The van der Waals surface area contributed by atoms with Crippen LogP contribution in [0.4, 0.5) is 0 Å². The Bertz CT molecular complexity index is 659. The Morgan fingerprint density at radius 1 is 1.32 bits per heavy atom. The highest BCUT2D eigenvalue weighted by molar-refractivity contribution is 9.10. The number of H-pyrrole nitrogens is 1. The number of halogens is 2. The number of aromatic nitrogens is 3. The Morgan fingerprint density at radius 2 is 2.00 bits per heavy atom. The molecule has 2 aromatic heterocycles. The van der Waals surface area contributed by atoms with Gasteiger partial charge in [0.25, 0.3) is 0 Å². The van der Waals surface area contributed by atoms with E-state index in [1.807, 2.05) is 6.07 Å². The van der Waals surface area contributed by atoms with Gasteiger partial charge in [0.1, 0.15) is 10.3 Å². The van der Waals surface area contributed by atoms with Gasteiger partial charge in [0, 0.05) is 17.3 Å². The lowest BCUT2D eigenvalue weighted by Crippen LogP contribution is -2.16. The molecular formula is C13H13BrClN3S. The van der Waals surface area contributed by atoms with Crippen LogP contribution in [0.1, 0.15) is 26.5 Å². The van der Waals surface area contributed by atoms with Crippen LogP contribution in [0, 0.1) is 4.64 Å². The Hall–Kier alpha value is -0.780. The molecule has 2 rings (SSSR count). The van der Waals surface area contributed by atoms with Gasteiger partial charge in [-0.3, -0.25) is 4.98 Å². The summed E-state index contributed by atoms with van der Waals surface area (Å²) in [6.45, 7) is 6.33. The van der Waals surface area contributed by atoms with Gasteiger partial charge in [-0.1, -0.05) is 44.6 Å². The predicted octanol–water partition coefficient (Wildman–Crippen LogP) is 4.91. The molecule has 100 valence electrons. The molecule has 0 aliphatic rings. The lowest BCUT2D eigenvalue weighted by Gasteiger charge is -2.21. The smallest absolute Gasteiger partial charge is 0.157 e. The maximum Gasteiger partial charge on any atom is 0.157 e. The van der Waals surface area contributed by atoms with E-state index in [1.165, 1.54) is 0 Å². The van der Waals surface area contributed by atoms with Crippen molar-refractivity contribution in [2.24, 2.45) is 0 Å². The van der Waals surface area contributed by atoms with Gasteiger partial charge in [0.2, 0.25) is 0 Å². The van der Waals surface area contributed by atoms with Gasteiger partial charge >= 0.3 is 0 Å². The first-order chi connectivity index (χ1) is 8.79. The average Bonchev–Trinajstić information content (AvgIpc) is 2.32.